The molecule has 1 N–H and O–H groups in total. The van der Waals surface area contributed by atoms with E-state index in [1.807, 2.05) is 55.3 Å². The van der Waals surface area contributed by atoms with Crippen LogP contribution in [0.15, 0.2) is 42.7 Å². The molecule has 0 unspecified atom stereocenters. The van der Waals surface area contributed by atoms with Gasteiger partial charge in [-0.3, -0.25) is 5.43 Å². The second kappa shape index (κ2) is 4.81. The minimum atomic E-state index is 0.812. The van der Waals surface area contributed by atoms with Gasteiger partial charge >= 0.3 is 0 Å². The summed E-state index contributed by atoms with van der Waals surface area (Å²) in [6.07, 6.45) is 3.72. The van der Waals surface area contributed by atoms with Crippen molar-refractivity contribution in [2.75, 3.05) is 19.5 Å². The van der Waals surface area contributed by atoms with E-state index in [1.54, 1.807) is 6.20 Å². The molecule has 16 heavy (non-hydrogen) atoms. The molecule has 0 aliphatic carbocycles. The largest absolute Gasteiger partial charge is 0.302 e. The highest BCUT2D eigenvalue weighted by atomic mass is 15.4. The Bertz CT molecular complexity index is 433. The molecule has 0 amide bonds. The molecule has 0 bridgehead atoms. The van der Waals surface area contributed by atoms with Crippen molar-refractivity contribution in [3.05, 3.63) is 48.5 Å². The predicted molar refractivity (Wildman–Crippen MR) is 65.1 cm³/mol. The summed E-state index contributed by atoms with van der Waals surface area (Å²) in [5.41, 5.74) is 4.34. The topological polar surface area (TPSA) is 33.1 Å². The van der Waals surface area contributed by atoms with E-state index in [-0.39, 0.29) is 0 Å². The van der Waals surface area contributed by atoms with Gasteiger partial charge in [-0.1, -0.05) is 18.2 Å². The summed E-state index contributed by atoms with van der Waals surface area (Å²) in [6, 6.07) is 10.1. The fourth-order valence-corrected chi connectivity index (χ4v) is 1.49. The fraction of sp³-hybridized carbons (Fsp3) is 0.250. The van der Waals surface area contributed by atoms with E-state index >= 15 is 0 Å². The van der Waals surface area contributed by atoms with Gasteiger partial charge < -0.3 is 4.90 Å². The molecule has 0 fully saturated rings. The van der Waals surface area contributed by atoms with Crippen molar-refractivity contribution in [3.8, 4) is 0 Å². The molecule has 2 rings (SSSR count). The van der Waals surface area contributed by atoms with Gasteiger partial charge in [-0.2, -0.15) is 0 Å². The number of hydrogen-bond donors (Lipinski definition) is 1. The summed E-state index contributed by atoms with van der Waals surface area (Å²) in [5.74, 6) is 0.994. The molecule has 0 radical (unpaired) electrons. The standard InChI is InChI=1S/C12H16N4/c1-15(2)10-12-13-8-9-16(12)14-11-6-4-3-5-7-11/h3-9,14H,10H2,1-2H3. The predicted octanol–water partition coefficient (Wildman–Crippen LogP) is 1.82. The van der Waals surface area contributed by atoms with Gasteiger partial charge in [-0.05, 0) is 26.2 Å². The minimum absolute atomic E-state index is 0.812. The lowest BCUT2D eigenvalue weighted by atomic mass is 10.3. The van der Waals surface area contributed by atoms with Gasteiger partial charge in [0.05, 0.1) is 12.2 Å². The Morgan fingerprint density at radius 2 is 2.00 bits per heavy atom. The molecule has 1 aromatic carbocycles. The van der Waals surface area contributed by atoms with Crippen LogP contribution in [0.5, 0.6) is 0 Å². The van der Waals surface area contributed by atoms with Gasteiger partial charge in [0, 0.05) is 12.4 Å². The Morgan fingerprint density at radius 1 is 1.25 bits per heavy atom. The summed E-state index contributed by atoms with van der Waals surface area (Å²) in [4.78, 5) is 6.40. The number of imidazole rings is 1. The van der Waals surface area contributed by atoms with Crippen LogP contribution >= 0.6 is 0 Å². The maximum Gasteiger partial charge on any atom is 0.141 e. The second-order valence-electron chi connectivity index (χ2n) is 3.93. The Balaban J connectivity index is 2.13. The number of rotatable bonds is 4. The van der Waals surface area contributed by atoms with Gasteiger partial charge in [0.15, 0.2) is 0 Å². The highest BCUT2D eigenvalue weighted by Crippen LogP contribution is 2.07. The zero-order valence-corrected chi connectivity index (χ0v) is 9.59. The second-order valence-corrected chi connectivity index (χ2v) is 3.93. The average molecular weight is 216 g/mol. The van der Waals surface area contributed by atoms with Crippen LogP contribution in [0, 0.1) is 0 Å². The summed E-state index contributed by atoms with van der Waals surface area (Å²) < 4.78 is 1.94. The van der Waals surface area contributed by atoms with E-state index in [2.05, 4.69) is 15.3 Å². The first-order chi connectivity index (χ1) is 7.75. The van der Waals surface area contributed by atoms with Crippen molar-refractivity contribution >= 4 is 5.69 Å². The average Bonchev–Trinajstić information content (AvgIpc) is 2.66. The van der Waals surface area contributed by atoms with Crippen LogP contribution in [0.3, 0.4) is 0 Å². The maximum absolute atomic E-state index is 4.31. The van der Waals surface area contributed by atoms with Gasteiger partial charge in [-0.15, -0.1) is 0 Å². The normalized spacial score (nSPS) is 10.7. The minimum Gasteiger partial charge on any atom is -0.302 e. The highest BCUT2D eigenvalue weighted by Gasteiger charge is 2.03. The maximum atomic E-state index is 4.31. The zero-order valence-electron chi connectivity index (χ0n) is 9.59. The zero-order chi connectivity index (χ0) is 11.4. The molecule has 0 aliphatic heterocycles. The first-order valence-electron chi connectivity index (χ1n) is 5.25. The monoisotopic (exact) mass is 216 g/mol. The molecule has 84 valence electrons. The van der Waals surface area contributed by atoms with Crippen LogP contribution in [0.25, 0.3) is 0 Å². The van der Waals surface area contributed by atoms with Crippen LogP contribution in [0.4, 0.5) is 5.69 Å². The van der Waals surface area contributed by atoms with Crippen LogP contribution in [-0.2, 0) is 6.54 Å². The van der Waals surface area contributed by atoms with E-state index in [0.29, 0.717) is 0 Å². The molecule has 4 heteroatoms. The van der Waals surface area contributed by atoms with Crippen LogP contribution < -0.4 is 5.43 Å². The molecule has 0 atom stereocenters. The lowest BCUT2D eigenvalue weighted by molar-refractivity contribution is 0.386. The smallest absolute Gasteiger partial charge is 0.141 e. The van der Waals surface area contributed by atoms with Crippen molar-refractivity contribution in [1.82, 2.24) is 14.6 Å². The van der Waals surface area contributed by atoms with Crippen molar-refractivity contribution < 1.29 is 0 Å². The Labute approximate surface area is 95.5 Å². The van der Waals surface area contributed by atoms with Crippen molar-refractivity contribution in [1.29, 1.82) is 0 Å². The molecule has 2 aromatic rings. The molecule has 0 saturated heterocycles. The Morgan fingerprint density at radius 3 is 2.69 bits per heavy atom. The van der Waals surface area contributed by atoms with Crippen LogP contribution in [0.1, 0.15) is 5.82 Å². The third-order valence-electron chi connectivity index (χ3n) is 2.20. The highest BCUT2D eigenvalue weighted by molar-refractivity contribution is 5.42. The molecule has 4 nitrogen and oxygen atoms in total. The number of para-hydroxylation sites is 1. The summed E-state index contributed by atoms with van der Waals surface area (Å²) in [7, 11) is 4.06. The fourth-order valence-electron chi connectivity index (χ4n) is 1.49. The molecule has 0 aliphatic rings. The number of anilines is 1. The first kappa shape index (κ1) is 10.7. The van der Waals surface area contributed by atoms with E-state index < -0.39 is 0 Å². The summed E-state index contributed by atoms with van der Waals surface area (Å²) >= 11 is 0. The Kier molecular flexibility index (Phi) is 3.22. The molecule has 1 aromatic heterocycles. The SMILES string of the molecule is CN(C)Cc1nccn1Nc1ccccc1. The number of benzene rings is 1. The number of nitrogens with one attached hydrogen (secondary N) is 1. The van der Waals surface area contributed by atoms with E-state index in [4.69, 9.17) is 0 Å². The summed E-state index contributed by atoms with van der Waals surface area (Å²) in [6.45, 7) is 0.812. The summed E-state index contributed by atoms with van der Waals surface area (Å²) in [5, 5.41) is 0. The van der Waals surface area contributed by atoms with Crippen LogP contribution in [-0.4, -0.2) is 28.7 Å². The van der Waals surface area contributed by atoms with Crippen molar-refractivity contribution in [3.63, 3.8) is 0 Å². The molecular formula is C12H16N4. The first-order valence-corrected chi connectivity index (χ1v) is 5.25. The third kappa shape index (κ3) is 2.61. The molecule has 1 heterocycles. The van der Waals surface area contributed by atoms with Gasteiger partial charge in [0.2, 0.25) is 0 Å². The van der Waals surface area contributed by atoms with E-state index in [0.717, 1.165) is 18.1 Å². The van der Waals surface area contributed by atoms with Crippen molar-refractivity contribution in [2.24, 2.45) is 0 Å². The Hall–Kier alpha value is -1.81. The van der Waals surface area contributed by atoms with Crippen molar-refractivity contribution in [2.45, 2.75) is 6.54 Å². The molecular weight excluding hydrogens is 200 g/mol. The lowest BCUT2D eigenvalue weighted by Crippen LogP contribution is -2.18. The molecule has 0 spiro atoms. The number of nitrogens with zero attached hydrogens (tertiary/aromatic N) is 3. The van der Waals surface area contributed by atoms with Gasteiger partial charge in [0.1, 0.15) is 5.82 Å². The number of aromatic nitrogens is 2. The quantitative estimate of drug-likeness (QED) is 0.846. The number of hydrogen-bond acceptors (Lipinski definition) is 3. The molecule has 0 saturated carbocycles. The van der Waals surface area contributed by atoms with E-state index in [9.17, 15) is 0 Å². The lowest BCUT2D eigenvalue weighted by Gasteiger charge is -2.13. The van der Waals surface area contributed by atoms with Gasteiger partial charge in [0.25, 0.3) is 0 Å². The van der Waals surface area contributed by atoms with E-state index in [1.165, 1.54) is 0 Å². The van der Waals surface area contributed by atoms with Crippen LogP contribution in [0.2, 0.25) is 0 Å². The third-order valence-corrected chi connectivity index (χ3v) is 2.20. The van der Waals surface area contributed by atoms with Gasteiger partial charge in [-0.25, -0.2) is 9.66 Å².